The van der Waals surface area contributed by atoms with Gasteiger partial charge in [-0.15, -0.1) is 0 Å². The van der Waals surface area contributed by atoms with Crippen LogP contribution >= 0.6 is 0 Å². The molecule has 3 aromatic carbocycles. The summed E-state index contributed by atoms with van der Waals surface area (Å²) in [7, 11) is 3.21. The van der Waals surface area contributed by atoms with Crippen molar-refractivity contribution in [2.24, 2.45) is 10.7 Å². The highest BCUT2D eigenvalue weighted by Gasteiger charge is 2.13. The van der Waals surface area contributed by atoms with Gasteiger partial charge in [-0.1, -0.05) is 60.7 Å². The molecular weight excluding hydrogens is 362 g/mol. The molecule has 0 spiro atoms. The molecule has 0 fully saturated rings. The lowest BCUT2D eigenvalue weighted by Crippen LogP contribution is -2.23. The molecule has 5 nitrogen and oxygen atoms in total. The van der Waals surface area contributed by atoms with Crippen LogP contribution in [0.4, 0.5) is 5.69 Å². The average Bonchev–Trinajstić information content (AvgIpc) is 2.77. The zero-order valence-corrected chi connectivity index (χ0v) is 16.8. The number of aliphatic imine (C=N–C) groups is 1. The van der Waals surface area contributed by atoms with Gasteiger partial charge in [0.25, 0.3) is 0 Å². The van der Waals surface area contributed by atoms with Crippen molar-refractivity contribution in [3.8, 4) is 11.5 Å². The zero-order chi connectivity index (χ0) is 20.5. The van der Waals surface area contributed by atoms with Gasteiger partial charge < -0.3 is 20.5 Å². The molecule has 0 aliphatic rings. The molecule has 29 heavy (non-hydrogen) atoms. The minimum atomic E-state index is 0.273. The molecule has 3 N–H and O–H groups in total. The Morgan fingerprint density at radius 1 is 0.862 bits per heavy atom. The van der Waals surface area contributed by atoms with Crippen molar-refractivity contribution in [3.63, 3.8) is 0 Å². The third-order valence-electron chi connectivity index (χ3n) is 4.76. The molecule has 0 saturated heterocycles. The van der Waals surface area contributed by atoms with Gasteiger partial charge in [-0.05, 0) is 29.7 Å². The summed E-state index contributed by atoms with van der Waals surface area (Å²) in [4.78, 5) is 4.52. The van der Waals surface area contributed by atoms with E-state index in [1.165, 1.54) is 11.1 Å². The van der Waals surface area contributed by atoms with Crippen LogP contribution in [0.2, 0.25) is 0 Å². The average molecular weight is 389 g/mol. The Balaban J connectivity index is 1.67. The third-order valence-corrected chi connectivity index (χ3v) is 4.76. The summed E-state index contributed by atoms with van der Waals surface area (Å²) in [5.41, 5.74) is 9.45. The Hall–Kier alpha value is -3.47. The number of nitrogens with two attached hydrogens (primary N) is 1. The number of benzene rings is 3. The van der Waals surface area contributed by atoms with Gasteiger partial charge in [-0.25, -0.2) is 0 Å². The number of anilines is 1. The van der Waals surface area contributed by atoms with Crippen molar-refractivity contribution in [1.29, 1.82) is 0 Å². The van der Waals surface area contributed by atoms with Gasteiger partial charge in [0.15, 0.2) is 17.5 Å². The van der Waals surface area contributed by atoms with E-state index in [0.29, 0.717) is 24.0 Å². The van der Waals surface area contributed by atoms with Gasteiger partial charge >= 0.3 is 0 Å². The molecule has 3 rings (SSSR count). The van der Waals surface area contributed by atoms with Crippen LogP contribution in [0.25, 0.3) is 0 Å². The Bertz CT molecular complexity index is 888. The first-order chi connectivity index (χ1) is 14.2. The highest BCUT2D eigenvalue weighted by molar-refractivity contribution is 5.92. The fourth-order valence-corrected chi connectivity index (χ4v) is 3.31. The first kappa shape index (κ1) is 20.3. The van der Waals surface area contributed by atoms with E-state index >= 15 is 0 Å². The second-order valence-electron chi connectivity index (χ2n) is 6.62. The van der Waals surface area contributed by atoms with Gasteiger partial charge in [0.1, 0.15) is 0 Å². The molecule has 0 heterocycles. The molecule has 0 amide bonds. The standard InChI is InChI=1S/C24H27N3O2/c1-28-22-14-13-20(17-23(22)29-2)27-24(25)26-16-15-21(18-9-5-3-6-10-18)19-11-7-4-8-12-19/h3-14,17,21H,15-16H2,1-2H3,(H3,25,26,27). The van der Waals surface area contributed by atoms with Crippen LogP contribution in [0.1, 0.15) is 23.5 Å². The molecule has 0 aromatic heterocycles. The molecule has 3 aromatic rings. The van der Waals surface area contributed by atoms with Crippen LogP contribution < -0.4 is 20.5 Å². The summed E-state index contributed by atoms with van der Waals surface area (Å²) < 4.78 is 10.6. The van der Waals surface area contributed by atoms with E-state index in [0.717, 1.165) is 12.1 Å². The molecule has 5 heteroatoms. The number of guanidine groups is 1. The summed E-state index contributed by atoms with van der Waals surface area (Å²) in [6.45, 7) is 0.612. The van der Waals surface area contributed by atoms with Crippen molar-refractivity contribution in [2.75, 3.05) is 26.1 Å². The third kappa shape index (κ3) is 5.51. The number of methoxy groups -OCH3 is 2. The van der Waals surface area contributed by atoms with Gasteiger partial charge in [-0.2, -0.15) is 0 Å². The number of hydrogen-bond acceptors (Lipinski definition) is 3. The van der Waals surface area contributed by atoms with Gasteiger partial charge in [0.2, 0.25) is 0 Å². The molecule has 0 radical (unpaired) electrons. The van der Waals surface area contributed by atoms with Gasteiger partial charge in [-0.3, -0.25) is 4.99 Å². The number of hydrogen-bond donors (Lipinski definition) is 2. The highest BCUT2D eigenvalue weighted by atomic mass is 16.5. The maximum atomic E-state index is 6.10. The monoisotopic (exact) mass is 389 g/mol. The topological polar surface area (TPSA) is 68.9 Å². The summed E-state index contributed by atoms with van der Waals surface area (Å²) in [5.74, 6) is 1.95. The normalized spacial score (nSPS) is 11.3. The van der Waals surface area contributed by atoms with Gasteiger partial charge in [0.05, 0.1) is 14.2 Å². The van der Waals surface area contributed by atoms with Crippen molar-refractivity contribution < 1.29 is 9.47 Å². The molecule has 150 valence electrons. The smallest absolute Gasteiger partial charge is 0.193 e. The Kier molecular flexibility index (Phi) is 7.11. The van der Waals surface area contributed by atoms with Crippen molar-refractivity contribution >= 4 is 11.6 Å². The highest BCUT2D eigenvalue weighted by Crippen LogP contribution is 2.30. The van der Waals surface area contributed by atoms with E-state index in [2.05, 4.69) is 58.8 Å². The number of nitrogens with one attached hydrogen (secondary N) is 1. The lowest BCUT2D eigenvalue weighted by molar-refractivity contribution is 0.355. The SMILES string of the molecule is COc1ccc(NC(N)=NCCC(c2ccccc2)c2ccccc2)cc1OC. The second-order valence-corrected chi connectivity index (χ2v) is 6.62. The van der Waals surface area contributed by atoms with Crippen LogP contribution in [0.3, 0.4) is 0 Å². The van der Waals surface area contributed by atoms with E-state index in [-0.39, 0.29) is 5.92 Å². The van der Waals surface area contributed by atoms with Crippen molar-refractivity contribution in [2.45, 2.75) is 12.3 Å². The van der Waals surface area contributed by atoms with Crippen LogP contribution in [-0.4, -0.2) is 26.7 Å². The fourth-order valence-electron chi connectivity index (χ4n) is 3.31. The Morgan fingerprint density at radius 2 is 1.45 bits per heavy atom. The minimum absolute atomic E-state index is 0.273. The second kappa shape index (κ2) is 10.2. The van der Waals surface area contributed by atoms with Gasteiger partial charge in [0, 0.05) is 24.2 Å². The zero-order valence-electron chi connectivity index (χ0n) is 16.8. The predicted molar refractivity (Wildman–Crippen MR) is 119 cm³/mol. The maximum absolute atomic E-state index is 6.10. The van der Waals surface area contributed by atoms with Crippen LogP contribution in [-0.2, 0) is 0 Å². The number of nitrogens with zero attached hydrogens (tertiary/aromatic N) is 1. The van der Waals surface area contributed by atoms with Crippen molar-refractivity contribution in [3.05, 3.63) is 90.0 Å². The maximum Gasteiger partial charge on any atom is 0.193 e. The molecule has 0 aliphatic carbocycles. The number of rotatable bonds is 8. The van der Waals surface area contributed by atoms with E-state index in [4.69, 9.17) is 15.2 Å². The molecule has 0 bridgehead atoms. The lowest BCUT2D eigenvalue weighted by atomic mass is 9.89. The molecule has 0 aliphatic heterocycles. The molecule has 0 atom stereocenters. The predicted octanol–water partition coefficient (Wildman–Crippen LogP) is 4.65. The Morgan fingerprint density at radius 3 is 2.00 bits per heavy atom. The van der Waals surface area contributed by atoms with Crippen LogP contribution in [0, 0.1) is 0 Å². The van der Waals surface area contributed by atoms with Crippen LogP contribution in [0.5, 0.6) is 11.5 Å². The van der Waals surface area contributed by atoms with E-state index in [1.807, 2.05) is 30.3 Å². The van der Waals surface area contributed by atoms with E-state index in [1.54, 1.807) is 14.2 Å². The van der Waals surface area contributed by atoms with Crippen LogP contribution in [0.15, 0.2) is 83.9 Å². The summed E-state index contributed by atoms with van der Waals surface area (Å²) in [5, 5.41) is 3.11. The lowest BCUT2D eigenvalue weighted by Gasteiger charge is -2.17. The molecule has 0 unspecified atom stereocenters. The summed E-state index contributed by atoms with van der Waals surface area (Å²) in [6, 6.07) is 26.5. The van der Waals surface area contributed by atoms with E-state index in [9.17, 15) is 0 Å². The quantitative estimate of drug-likeness (QED) is 0.435. The fraction of sp³-hybridized carbons (Fsp3) is 0.208. The molecular formula is C24H27N3O2. The van der Waals surface area contributed by atoms with E-state index < -0.39 is 0 Å². The minimum Gasteiger partial charge on any atom is -0.493 e. The first-order valence-electron chi connectivity index (χ1n) is 9.60. The summed E-state index contributed by atoms with van der Waals surface area (Å²) in [6.07, 6.45) is 0.863. The molecule has 0 saturated carbocycles. The largest absolute Gasteiger partial charge is 0.493 e. The van der Waals surface area contributed by atoms with Crippen molar-refractivity contribution in [1.82, 2.24) is 0 Å². The Labute approximate surface area is 172 Å². The summed E-state index contributed by atoms with van der Waals surface area (Å²) >= 11 is 0. The first-order valence-corrected chi connectivity index (χ1v) is 9.60. The number of ether oxygens (including phenoxy) is 2.